The molecule has 0 saturated heterocycles. The van der Waals surface area contributed by atoms with E-state index in [1.54, 1.807) is 20.8 Å². The van der Waals surface area contributed by atoms with Crippen LogP contribution in [0.1, 0.15) is 32.4 Å². The molecule has 0 saturated carbocycles. The van der Waals surface area contributed by atoms with Gasteiger partial charge < -0.3 is 20.5 Å². The smallest absolute Gasteiger partial charge is 0.407 e. The number of hydrogen-bond donors (Lipinski definition) is 2. The third-order valence-corrected chi connectivity index (χ3v) is 2.55. The first kappa shape index (κ1) is 17.2. The normalized spacial score (nSPS) is 12.7. The van der Waals surface area contributed by atoms with Crippen molar-refractivity contribution in [2.75, 3.05) is 13.7 Å². The van der Waals surface area contributed by atoms with Crippen molar-refractivity contribution in [1.82, 2.24) is 5.32 Å². The van der Waals surface area contributed by atoms with Crippen LogP contribution in [-0.2, 0) is 4.74 Å². The molecule has 1 amide bonds. The molecule has 3 N–H and O–H groups in total. The van der Waals surface area contributed by atoms with Crippen LogP contribution < -0.4 is 15.8 Å². The number of ether oxygens (including phenoxy) is 2. The zero-order valence-electron chi connectivity index (χ0n) is 12.5. The minimum atomic E-state index is -1.11. The second-order valence-corrected chi connectivity index (χ2v) is 5.47. The van der Waals surface area contributed by atoms with E-state index in [2.05, 4.69) is 5.32 Å². The molecular formula is C14H20F2N2O3. The molecule has 1 aromatic rings. The van der Waals surface area contributed by atoms with Gasteiger partial charge in [0.2, 0.25) is 5.82 Å². The van der Waals surface area contributed by atoms with E-state index < -0.39 is 29.4 Å². The Labute approximate surface area is 122 Å². The summed E-state index contributed by atoms with van der Waals surface area (Å²) in [6, 6.07) is 1.52. The number of nitrogens with one attached hydrogen (secondary N) is 1. The Morgan fingerprint density at radius 3 is 2.52 bits per heavy atom. The van der Waals surface area contributed by atoms with Crippen molar-refractivity contribution in [1.29, 1.82) is 0 Å². The van der Waals surface area contributed by atoms with Crippen LogP contribution >= 0.6 is 0 Å². The molecule has 1 atom stereocenters. The molecular weight excluding hydrogens is 282 g/mol. The Morgan fingerprint density at radius 1 is 1.38 bits per heavy atom. The average Bonchev–Trinajstić information content (AvgIpc) is 2.37. The second-order valence-electron chi connectivity index (χ2n) is 5.47. The molecule has 1 rings (SSSR count). The molecule has 118 valence electrons. The number of nitrogens with two attached hydrogens (primary N) is 1. The Bertz CT molecular complexity index is 516. The predicted molar refractivity (Wildman–Crippen MR) is 74.1 cm³/mol. The zero-order chi connectivity index (χ0) is 16.2. The Kier molecular flexibility index (Phi) is 5.48. The number of amides is 1. The van der Waals surface area contributed by atoms with Crippen LogP contribution in [0.3, 0.4) is 0 Å². The Morgan fingerprint density at radius 2 is 2.00 bits per heavy atom. The molecule has 0 aliphatic carbocycles. The molecule has 0 aromatic heterocycles. The number of hydrogen-bond acceptors (Lipinski definition) is 4. The number of halogens is 2. The number of alkyl carbamates (subject to hydrolysis) is 1. The monoisotopic (exact) mass is 302 g/mol. The molecule has 0 fully saturated rings. The van der Waals surface area contributed by atoms with E-state index in [-0.39, 0.29) is 17.9 Å². The van der Waals surface area contributed by atoms with Gasteiger partial charge in [-0.1, -0.05) is 6.07 Å². The minimum Gasteiger partial charge on any atom is -0.493 e. The fourth-order valence-electron chi connectivity index (χ4n) is 1.66. The highest BCUT2D eigenvalue weighted by Gasteiger charge is 2.21. The van der Waals surface area contributed by atoms with Gasteiger partial charge in [0.25, 0.3) is 0 Å². The molecule has 0 bridgehead atoms. The molecule has 5 nitrogen and oxygen atoms in total. The summed E-state index contributed by atoms with van der Waals surface area (Å²) >= 11 is 0. The molecule has 0 radical (unpaired) electrons. The topological polar surface area (TPSA) is 73.6 Å². The Hall–Kier alpha value is -1.89. The summed E-state index contributed by atoms with van der Waals surface area (Å²) in [4.78, 5) is 11.5. The van der Waals surface area contributed by atoms with Crippen LogP contribution in [0.25, 0.3) is 0 Å². The number of carbonyl (C=O) groups is 1. The van der Waals surface area contributed by atoms with Gasteiger partial charge in [-0.3, -0.25) is 0 Å². The number of rotatable bonds is 4. The first-order valence-electron chi connectivity index (χ1n) is 6.40. The van der Waals surface area contributed by atoms with Gasteiger partial charge in [-0.05, 0) is 26.8 Å². The highest BCUT2D eigenvalue weighted by Crippen LogP contribution is 2.28. The summed E-state index contributed by atoms with van der Waals surface area (Å²) in [7, 11) is 1.22. The van der Waals surface area contributed by atoms with Gasteiger partial charge in [-0.25, -0.2) is 9.18 Å². The summed E-state index contributed by atoms with van der Waals surface area (Å²) in [5, 5.41) is 2.46. The highest BCUT2D eigenvalue weighted by molar-refractivity contribution is 5.67. The quantitative estimate of drug-likeness (QED) is 0.896. The SMILES string of the molecule is COc1c(C(N)CNC(=O)OC(C)(C)C)ccc(F)c1F. The van der Waals surface area contributed by atoms with Crippen molar-refractivity contribution in [3.8, 4) is 5.75 Å². The lowest BCUT2D eigenvalue weighted by molar-refractivity contribution is 0.0524. The standard InChI is InChI=1S/C14H20F2N2O3/c1-14(2,3)21-13(19)18-7-10(17)8-5-6-9(15)11(16)12(8)20-4/h5-6,10H,7,17H2,1-4H3,(H,18,19). The molecule has 21 heavy (non-hydrogen) atoms. The van der Waals surface area contributed by atoms with Crippen LogP contribution in [0.15, 0.2) is 12.1 Å². The first-order chi connectivity index (χ1) is 9.65. The van der Waals surface area contributed by atoms with Gasteiger partial charge in [0.15, 0.2) is 11.6 Å². The average molecular weight is 302 g/mol. The van der Waals surface area contributed by atoms with E-state index in [1.807, 2.05) is 0 Å². The van der Waals surface area contributed by atoms with E-state index in [0.29, 0.717) is 0 Å². The fraction of sp³-hybridized carbons (Fsp3) is 0.500. The van der Waals surface area contributed by atoms with Crippen molar-refractivity contribution in [2.24, 2.45) is 5.73 Å². The number of benzene rings is 1. The van der Waals surface area contributed by atoms with Crippen LogP contribution in [-0.4, -0.2) is 25.3 Å². The molecule has 1 unspecified atom stereocenters. The van der Waals surface area contributed by atoms with Crippen molar-refractivity contribution in [2.45, 2.75) is 32.4 Å². The summed E-state index contributed by atoms with van der Waals surface area (Å²) in [6.45, 7) is 5.18. The maximum atomic E-state index is 13.6. The van der Waals surface area contributed by atoms with E-state index in [0.717, 1.165) is 6.07 Å². The minimum absolute atomic E-state index is 0.00363. The van der Waals surface area contributed by atoms with E-state index in [9.17, 15) is 13.6 Å². The van der Waals surface area contributed by atoms with Crippen LogP contribution in [0.4, 0.5) is 13.6 Å². The number of carbonyl (C=O) groups excluding carboxylic acids is 1. The zero-order valence-corrected chi connectivity index (χ0v) is 12.5. The summed E-state index contributed by atoms with van der Waals surface area (Å²) < 4.78 is 36.6. The first-order valence-corrected chi connectivity index (χ1v) is 6.40. The van der Waals surface area contributed by atoms with Crippen LogP contribution in [0.5, 0.6) is 5.75 Å². The lowest BCUT2D eigenvalue weighted by Gasteiger charge is -2.21. The maximum Gasteiger partial charge on any atom is 0.407 e. The molecule has 1 aromatic carbocycles. The lowest BCUT2D eigenvalue weighted by Crippen LogP contribution is -2.36. The van der Waals surface area contributed by atoms with Crippen molar-refractivity contribution >= 4 is 6.09 Å². The van der Waals surface area contributed by atoms with Crippen LogP contribution in [0.2, 0.25) is 0 Å². The molecule has 0 aliphatic rings. The van der Waals surface area contributed by atoms with Crippen LogP contribution in [0, 0.1) is 11.6 Å². The van der Waals surface area contributed by atoms with Gasteiger partial charge in [0.05, 0.1) is 13.2 Å². The van der Waals surface area contributed by atoms with Crippen molar-refractivity contribution < 1.29 is 23.0 Å². The van der Waals surface area contributed by atoms with Crippen molar-refractivity contribution in [3.63, 3.8) is 0 Å². The van der Waals surface area contributed by atoms with Gasteiger partial charge >= 0.3 is 6.09 Å². The van der Waals surface area contributed by atoms with Gasteiger partial charge in [-0.2, -0.15) is 4.39 Å². The molecule has 0 heterocycles. The van der Waals surface area contributed by atoms with Crippen molar-refractivity contribution in [3.05, 3.63) is 29.3 Å². The predicted octanol–water partition coefficient (Wildman–Crippen LogP) is 2.50. The van der Waals surface area contributed by atoms with E-state index in [1.165, 1.54) is 13.2 Å². The van der Waals surface area contributed by atoms with Gasteiger partial charge in [0, 0.05) is 12.1 Å². The summed E-state index contributed by atoms with van der Waals surface area (Å²) in [5.41, 5.74) is 5.49. The molecule has 0 aliphatic heterocycles. The second kappa shape index (κ2) is 6.71. The molecule has 0 spiro atoms. The fourth-order valence-corrected chi connectivity index (χ4v) is 1.66. The van der Waals surface area contributed by atoms with E-state index >= 15 is 0 Å². The third-order valence-electron chi connectivity index (χ3n) is 2.55. The lowest BCUT2D eigenvalue weighted by atomic mass is 10.1. The van der Waals surface area contributed by atoms with Gasteiger partial charge in [0.1, 0.15) is 5.60 Å². The highest BCUT2D eigenvalue weighted by atomic mass is 19.2. The maximum absolute atomic E-state index is 13.6. The Balaban J connectivity index is 2.75. The number of methoxy groups -OCH3 is 1. The largest absolute Gasteiger partial charge is 0.493 e. The van der Waals surface area contributed by atoms with Gasteiger partial charge in [-0.15, -0.1) is 0 Å². The van der Waals surface area contributed by atoms with E-state index in [4.69, 9.17) is 15.2 Å². The summed E-state index contributed by atoms with van der Waals surface area (Å²) in [6.07, 6.45) is -0.639. The molecule has 7 heteroatoms. The third kappa shape index (κ3) is 4.86. The summed E-state index contributed by atoms with van der Waals surface area (Å²) in [5.74, 6) is -2.40.